The van der Waals surface area contributed by atoms with Crippen LogP contribution < -0.4 is 0 Å². The molecule has 1 aromatic carbocycles. The van der Waals surface area contributed by atoms with Gasteiger partial charge in [-0.15, -0.1) is 11.3 Å². The van der Waals surface area contributed by atoms with E-state index >= 15 is 0 Å². The molecule has 0 saturated heterocycles. The molecule has 3 aromatic rings. The molecule has 0 aliphatic rings. The SMILES string of the molecule is CN(C)CCc1sc2ccccc2c1Cc1cncn1C. The minimum atomic E-state index is 0.962. The van der Waals surface area contributed by atoms with Crippen LogP contribution in [0.3, 0.4) is 0 Å². The largest absolute Gasteiger partial charge is 0.337 e. The van der Waals surface area contributed by atoms with E-state index in [1.165, 1.54) is 26.2 Å². The molecule has 0 saturated carbocycles. The van der Waals surface area contributed by atoms with E-state index in [1.807, 2.05) is 23.9 Å². The second-order valence-electron chi connectivity index (χ2n) is 5.73. The van der Waals surface area contributed by atoms with Crippen LogP contribution >= 0.6 is 11.3 Å². The van der Waals surface area contributed by atoms with E-state index in [0.717, 1.165) is 19.4 Å². The van der Waals surface area contributed by atoms with Gasteiger partial charge < -0.3 is 9.47 Å². The summed E-state index contributed by atoms with van der Waals surface area (Å²) >= 11 is 1.94. The van der Waals surface area contributed by atoms with E-state index in [0.29, 0.717) is 0 Å². The molecule has 0 unspecified atom stereocenters. The Morgan fingerprint density at radius 1 is 1.24 bits per heavy atom. The maximum absolute atomic E-state index is 4.24. The van der Waals surface area contributed by atoms with E-state index in [9.17, 15) is 0 Å². The van der Waals surface area contributed by atoms with Gasteiger partial charge in [0.05, 0.1) is 6.33 Å². The van der Waals surface area contributed by atoms with Crippen molar-refractivity contribution in [2.75, 3.05) is 20.6 Å². The lowest BCUT2D eigenvalue weighted by molar-refractivity contribution is 0.414. The molecule has 0 atom stereocenters. The number of fused-ring (bicyclic) bond motifs is 1. The van der Waals surface area contributed by atoms with Gasteiger partial charge in [-0.25, -0.2) is 4.98 Å². The Kier molecular flexibility index (Phi) is 4.08. The molecule has 0 N–H and O–H groups in total. The van der Waals surface area contributed by atoms with Gasteiger partial charge in [0.15, 0.2) is 0 Å². The number of likely N-dealkylation sites (N-methyl/N-ethyl adjacent to an activating group) is 1. The summed E-state index contributed by atoms with van der Waals surface area (Å²) in [6.07, 6.45) is 5.92. The quantitative estimate of drug-likeness (QED) is 0.720. The third-order valence-corrected chi connectivity index (χ3v) is 5.12. The van der Waals surface area contributed by atoms with E-state index in [4.69, 9.17) is 0 Å². The topological polar surface area (TPSA) is 21.1 Å². The van der Waals surface area contributed by atoms with Crippen LogP contribution in [0.2, 0.25) is 0 Å². The first-order chi connectivity index (χ1) is 10.1. The molecule has 0 bridgehead atoms. The van der Waals surface area contributed by atoms with Gasteiger partial charge in [-0.3, -0.25) is 0 Å². The van der Waals surface area contributed by atoms with Crippen LogP contribution in [-0.2, 0) is 19.9 Å². The van der Waals surface area contributed by atoms with Gasteiger partial charge in [-0.2, -0.15) is 0 Å². The molecule has 3 nitrogen and oxygen atoms in total. The summed E-state index contributed by atoms with van der Waals surface area (Å²) in [4.78, 5) is 8.00. The molecule has 0 aliphatic carbocycles. The van der Waals surface area contributed by atoms with Gasteiger partial charge in [0.2, 0.25) is 0 Å². The van der Waals surface area contributed by atoms with Crippen molar-refractivity contribution in [1.82, 2.24) is 14.5 Å². The van der Waals surface area contributed by atoms with Crippen LogP contribution in [-0.4, -0.2) is 35.1 Å². The van der Waals surface area contributed by atoms with E-state index in [1.54, 1.807) is 0 Å². The lowest BCUT2D eigenvalue weighted by Gasteiger charge is -2.10. The fourth-order valence-electron chi connectivity index (χ4n) is 2.61. The number of benzene rings is 1. The Labute approximate surface area is 129 Å². The number of imidazole rings is 1. The zero-order valence-electron chi connectivity index (χ0n) is 12.8. The Hall–Kier alpha value is -1.65. The number of thiophene rings is 1. The molecule has 0 aliphatic heterocycles. The molecule has 0 spiro atoms. The van der Waals surface area contributed by atoms with Gasteiger partial charge in [0.25, 0.3) is 0 Å². The highest BCUT2D eigenvalue weighted by molar-refractivity contribution is 7.19. The first kappa shape index (κ1) is 14.3. The van der Waals surface area contributed by atoms with Crippen LogP contribution in [0, 0.1) is 0 Å². The van der Waals surface area contributed by atoms with Crippen molar-refractivity contribution in [3.63, 3.8) is 0 Å². The standard InChI is InChI=1S/C17H21N3S/c1-19(2)9-8-17-15(10-13-11-18-12-20(13)3)14-6-4-5-7-16(14)21-17/h4-7,11-12H,8-10H2,1-3H3. The van der Waals surface area contributed by atoms with Gasteiger partial charge >= 0.3 is 0 Å². The number of aryl methyl sites for hydroxylation is 1. The highest BCUT2D eigenvalue weighted by atomic mass is 32.1. The van der Waals surface area contributed by atoms with Crippen molar-refractivity contribution >= 4 is 21.4 Å². The molecule has 2 aromatic heterocycles. The second-order valence-corrected chi connectivity index (χ2v) is 6.86. The van der Waals surface area contributed by atoms with Crippen molar-refractivity contribution in [2.45, 2.75) is 12.8 Å². The van der Waals surface area contributed by atoms with Crippen molar-refractivity contribution in [1.29, 1.82) is 0 Å². The van der Waals surface area contributed by atoms with Crippen LogP contribution in [0.5, 0.6) is 0 Å². The summed E-state index contributed by atoms with van der Waals surface area (Å²) in [6, 6.07) is 8.74. The number of hydrogen-bond donors (Lipinski definition) is 0. The summed E-state index contributed by atoms with van der Waals surface area (Å²) in [5.74, 6) is 0. The smallest absolute Gasteiger partial charge is 0.0945 e. The van der Waals surface area contributed by atoms with Crippen LogP contribution in [0.15, 0.2) is 36.8 Å². The average Bonchev–Trinajstić information content (AvgIpc) is 3.02. The molecule has 0 amide bonds. The average molecular weight is 299 g/mol. The minimum Gasteiger partial charge on any atom is -0.337 e. The van der Waals surface area contributed by atoms with Crippen molar-refractivity contribution in [2.24, 2.45) is 7.05 Å². The second kappa shape index (κ2) is 6.00. The predicted molar refractivity (Wildman–Crippen MR) is 90.1 cm³/mol. The number of hydrogen-bond acceptors (Lipinski definition) is 3. The minimum absolute atomic E-state index is 0.962. The molecule has 4 heteroatoms. The van der Waals surface area contributed by atoms with Gasteiger partial charge in [0, 0.05) is 41.5 Å². The highest BCUT2D eigenvalue weighted by Gasteiger charge is 2.13. The number of aromatic nitrogens is 2. The summed E-state index contributed by atoms with van der Waals surface area (Å²) in [7, 11) is 6.33. The van der Waals surface area contributed by atoms with E-state index < -0.39 is 0 Å². The molecule has 3 rings (SSSR count). The van der Waals surface area contributed by atoms with E-state index in [2.05, 4.69) is 59.9 Å². The van der Waals surface area contributed by atoms with Gasteiger partial charge in [0.1, 0.15) is 0 Å². The fourth-order valence-corrected chi connectivity index (χ4v) is 3.82. The summed E-state index contributed by atoms with van der Waals surface area (Å²) in [6.45, 7) is 1.09. The molecule has 2 heterocycles. The van der Waals surface area contributed by atoms with Crippen molar-refractivity contribution < 1.29 is 0 Å². The summed E-state index contributed by atoms with van der Waals surface area (Å²) in [5.41, 5.74) is 2.74. The molecular formula is C17H21N3S. The fraction of sp³-hybridized carbons (Fsp3) is 0.353. The summed E-state index contributed by atoms with van der Waals surface area (Å²) in [5, 5.41) is 1.40. The zero-order chi connectivity index (χ0) is 14.8. The first-order valence-electron chi connectivity index (χ1n) is 7.24. The maximum atomic E-state index is 4.24. The first-order valence-corrected chi connectivity index (χ1v) is 8.06. The van der Waals surface area contributed by atoms with E-state index in [-0.39, 0.29) is 0 Å². The van der Waals surface area contributed by atoms with Crippen LogP contribution in [0.1, 0.15) is 16.1 Å². The van der Waals surface area contributed by atoms with Crippen molar-refractivity contribution in [3.8, 4) is 0 Å². The maximum Gasteiger partial charge on any atom is 0.0945 e. The molecule has 0 fully saturated rings. The molecule has 110 valence electrons. The van der Waals surface area contributed by atoms with Crippen molar-refractivity contribution in [3.05, 3.63) is 52.9 Å². The normalized spacial score (nSPS) is 11.6. The Morgan fingerprint density at radius 3 is 2.76 bits per heavy atom. The lowest BCUT2D eigenvalue weighted by atomic mass is 10.0. The molecular weight excluding hydrogens is 278 g/mol. The third-order valence-electron chi connectivity index (χ3n) is 3.84. The molecule has 21 heavy (non-hydrogen) atoms. The number of rotatable bonds is 5. The Bertz CT molecular complexity index is 739. The van der Waals surface area contributed by atoms with Crippen LogP contribution in [0.25, 0.3) is 10.1 Å². The zero-order valence-corrected chi connectivity index (χ0v) is 13.7. The Morgan fingerprint density at radius 2 is 2.05 bits per heavy atom. The monoisotopic (exact) mass is 299 g/mol. The van der Waals surface area contributed by atoms with Gasteiger partial charge in [-0.05, 0) is 37.5 Å². The van der Waals surface area contributed by atoms with Gasteiger partial charge in [-0.1, -0.05) is 18.2 Å². The third kappa shape index (κ3) is 3.01. The summed E-state index contributed by atoms with van der Waals surface area (Å²) < 4.78 is 3.51. The van der Waals surface area contributed by atoms with Crippen LogP contribution in [0.4, 0.5) is 0 Å². The molecule has 0 radical (unpaired) electrons. The Balaban J connectivity index is 2.00. The highest BCUT2D eigenvalue weighted by Crippen LogP contribution is 2.33. The predicted octanol–water partition coefficient (Wildman–Crippen LogP) is 3.33. The number of nitrogens with zero attached hydrogens (tertiary/aromatic N) is 3. The lowest BCUT2D eigenvalue weighted by Crippen LogP contribution is -2.15.